The van der Waals surface area contributed by atoms with Crippen molar-refractivity contribution < 1.29 is 67.5 Å². The molecule has 5 aliphatic rings. The molecule has 5 heterocycles. The van der Waals surface area contributed by atoms with Crippen molar-refractivity contribution in [2.75, 3.05) is 38.6 Å². The molecule has 0 spiro atoms. The molecular formula is C52H64O14S3. The summed E-state index contributed by atoms with van der Waals surface area (Å²) in [7, 11) is 0. The van der Waals surface area contributed by atoms with Gasteiger partial charge in [-0.25, -0.2) is 9.59 Å². The molecule has 0 saturated carbocycles. The Kier molecular flexibility index (Phi) is 19.9. The van der Waals surface area contributed by atoms with E-state index in [0.29, 0.717) is 24.3 Å². The monoisotopic (exact) mass is 1010 g/mol. The first-order valence-electron chi connectivity index (χ1n) is 23.1. The Labute approximate surface area is 417 Å². The summed E-state index contributed by atoms with van der Waals surface area (Å²) in [5, 5.41) is 30.0. The molecule has 374 valence electrons. The van der Waals surface area contributed by atoms with Crippen LogP contribution in [-0.2, 0) is 42.6 Å². The number of fused-ring (bicyclic) bond motifs is 2. The highest BCUT2D eigenvalue weighted by atomic mass is 32.2. The third kappa shape index (κ3) is 13.1. The molecule has 0 radical (unpaired) electrons. The van der Waals surface area contributed by atoms with E-state index in [0.717, 1.165) is 11.1 Å². The van der Waals surface area contributed by atoms with E-state index in [4.69, 9.17) is 42.6 Å². The highest BCUT2D eigenvalue weighted by Gasteiger charge is 2.51. The second-order valence-corrected chi connectivity index (χ2v) is 20.2. The molecule has 5 saturated heterocycles. The van der Waals surface area contributed by atoms with Crippen molar-refractivity contribution in [3.63, 3.8) is 0 Å². The Hall–Kier alpha value is -3.53. The van der Waals surface area contributed by atoms with E-state index in [-0.39, 0.29) is 71.1 Å². The molecule has 0 bridgehead atoms. The van der Waals surface area contributed by atoms with Gasteiger partial charge in [0.15, 0.2) is 12.6 Å². The van der Waals surface area contributed by atoms with Gasteiger partial charge in [-0.1, -0.05) is 118 Å². The predicted octanol–water partition coefficient (Wildman–Crippen LogP) is 7.52. The first-order valence-corrected chi connectivity index (χ1v) is 27.0. The van der Waals surface area contributed by atoms with Crippen molar-refractivity contribution in [3.8, 4) is 0 Å². The van der Waals surface area contributed by atoms with Crippen LogP contribution in [0.3, 0.4) is 0 Å². The van der Waals surface area contributed by atoms with Crippen LogP contribution in [-0.4, -0.2) is 137 Å². The summed E-state index contributed by atoms with van der Waals surface area (Å²) >= 11 is 4.69. The fraction of sp³-hybridized carbons (Fsp3) is 0.500. The molecule has 4 aromatic rings. The Morgan fingerprint density at radius 1 is 0.522 bits per heavy atom. The molecule has 8 unspecified atom stereocenters. The normalized spacial score (nSPS) is 35.0. The molecule has 17 heteroatoms. The summed E-state index contributed by atoms with van der Waals surface area (Å²) in [5.74, 6) is -0.973. The number of rotatable bonds is 10. The summed E-state index contributed by atoms with van der Waals surface area (Å²) < 4.78 is 53.0. The van der Waals surface area contributed by atoms with Crippen LogP contribution in [0.15, 0.2) is 121 Å². The fourth-order valence-corrected chi connectivity index (χ4v) is 11.4. The number of aliphatic hydroxyl groups is 3. The van der Waals surface area contributed by atoms with Crippen LogP contribution >= 0.6 is 35.3 Å². The topological polar surface area (TPSA) is 178 Å². The number of hydrogen-bond donors (Lipinski definition) is 3. The lowest BCUT2D eigenvalue weighted by Gasteiger charge is -2.48. The van der Waals surface area contributed by atoms with Crippen molar-refractivity contribution in [1.82, 2.24) is 0 Å². The number of carbonyl (C=O) groups excluding carboxylic acids is 2. The first-order chi connectivity index (χ1) is 33.5. The molecule has 3 N–H and O–H groups in total. The lowest BCUT2D eigenvalue weighted by Crippen LogP contribution is -2.59. The van der Waals surface area contributed by atoms with Crippen LogP contribution in [0, 0.1) is 17.8 Å². The van der Waals surface area contributed by atoms with Crippen LogP contribution in [0.5, 0.6) is 0 Å². The zero-order chi connectivity index (χ0) is 49.0. The number of carbonyl (C=O) groups is 2. The average molecular weight is 1010 g/mol. The molecule has 5 fully saturated rings. The predicted molar refractivity (Wildman–Crippen MR) is 264 cm³/mol. The van der Waals surface area contributed by atoms with Crippen molar-refractivity contribution in [2.24, 2.45) is 17.8 Å². The highest BCUT2D eigenvalue weighted by Crippen LogP contribution is 2.41. The van der Waals surface area contributed by atoms with Crippen LogP contribution in [0.2, 0.25) is 0 Å². The van der Waals surface area contributed by atoms with Gasteiger partial charge in [0.25, 0.3) is 0 Å². The molecule has 69 heavy (non-hydrogen) atoms. The molecule has 0 aromatic heterocycles. The number of aliphatic hydroxyl groups excluding tert-OH is 3. The van der Waals surface area contributed by atoms with Gasteiger partial charge in [-0.05, 0) is 43.0 Å². The molecule has 4 aromatic carbocycles. The maximum absolute atomic E-state index is 12.7. The minimum Gasteiger partial charge on any atom is -0.455 e. The van der Waals surface area contributed by atoms with Crippen LogP contribution in [0.25, 0.3) is 0 Å². The van der Waals surface area contributed by atoms with Gasteiger partial charge in [-0.2, -0.15) is 0 Å². The van der Waals surface area contributed by atoms with E-state index in [1.807, 2.05) is 124 Å². The van der Waals surface area contributed by atoms with Crippen molar-refractivity contribution in [1.29, 1.82) is 0 Å². The lowest BCUT2D eigenvalue weighted by atomic mass is 9.92. The minimum absolute atomic E-state index is 0.00766. The van der Waals surface area contributed by atoms with E-state index in [9.17, 15) is 24.9 Å². The van der Waals surface area contributed by atoms with Gasteiger partial charge in [-0.15, -0.1) is 35.3 Å². The summed E-state index contributed by atoms with van der Waals surface area (Å²) in [6.07, 6.45) is 0.327. The van der Waals surface area contributed by atoms with E-state index in [2.05, 4.69) is 0 Å². The number of hydrogen-bond acceptors (Lipinski definition) is 17. The summed E-state index contributed by atoms with van der Waals surface area (Å²) in [6.45, 7) is 6.43. The van der Waals surface area contributed by atoms with E-state index in [1.54, 1.807) is 59.9 Å². The quantitative estimate of drug-likeness (QED) is 0.133. The minimum atomic E-state index is -1.04. The first kappa shape index (κ1) is 53.3. The van der Waals surface area contributed by atoms with E-state index >= 15 is 0 Å². The summed E-state index contributed by atoms with van der Waals surface area (Å²) in [6, 6.07) is 37.3. The van der Waals surface area contributed by atoms with Gasteiger partial charge in [0.1, 0.15) is 65.1 Å². The molecule has 0 amide bonds. The Bertz CT molecular complexity index is 2150. The largest absolute Gasteiger partial charge is 0.455 e. The Balaban J connectivity index is 0.000000156. The van der Waals surface area contributed by atoms with Crippen molar-refractivity contribution in [3.05, 3.63) is 144 Å². The van der Waals surface area contributed by atoms with E-state index in [1.165, 1.54) is 11.8 Å². The number of thioether (sulfide) groups is 3. The standard InChI is InChI=1S/C22H24O5S.C15H20O5S.C15H20O4S/c1-14-18(26-20(23)15-9-5-3-6-10-15)19-17(25-22(14)28-2)13-24-21(27-19)16-11-7-4-8-12-16;1-9-13(12(17)11(8-16)19-15(9)21-2)20-14(18)10-6-4-3-5-7-10;1-9-12(16)13-11(18-15(9)20-2)8-17-14(19-13)10-6-4-3-5-7-10/h3-12,14,17-19,21-22H,13H2,1-2H3;3-7,9,11-13,15-17H,8H2,1-2H3;3-7,9,11-16H,8H2,1-2H3/t14?,17?,18-,19-,21?,22+;9?,11?,12-,13-,15+;9?,11?,12-,13-,14?,15+/m111/s1. The maximum atomic E-state index is 12.7. The third-order valence-electron chi connectivity index (χ3n) is 12.8. The van der Waals surface area contributed by atoms with Crippen molar-refractivity contribution >= 4 is 47.2 Å². The van der Waals surface area contributed by atoms with Gasteiger partial charge < -0.3 is 58.0 Å². The molecule has 9 rings (SSSR count). The Morgan fingerprint density at radius 3 is 1.38 bits per heavy atom. The number of ether oxygens (including phenoxy) is 9. The third-order valence-corrected chi connectivity index (χ3v) is 15.8. The fourth-order valence-electron chi connectivity index (χ4n) is 8.89. The van der Waals surface area contributed by atoms with Crippen LogP contribution in [0.1, 0.15) is 65.2 Å². The van der Waals surface area contributed by atoms with Gasteiger partial charge in [0.2, 0.25) is 0 Å². The maximum Gasteiger partial charge on any atom is 0.338 e. The molecule has 17 atom stereocenters. The van der Waals surface area contributed by atoms with Crippen LogP contribution in [0.4, 0.5) is 0 Å². The molecule has 0 aliphatic carbocycles. The zero-order valence-electron chi connectivity index (χ0n) is 39.5. The molecular weight excluding hydrogens is 945 g/mol. The number of benzene rings is 4. The average Bonchev–Trinajstić information content (AvgIpc) is 3.40. The van der Waals surface area contributed by atoms with Crippen LogP contribution < -0.4 is 0 Å². The second-order valence-electron chi connectivity index (χ2n) is 17.4. The second kappa shape index (κ2) is 25.7. The van der Waals surface area contributed by atoms with Gasteiger partial charge in [0, 0.05) is 28.9 Å². The number of esters is 2. The SMILES string of the molecule is CS[C@@H]1OC(CO)[C@@H](O)[C@H](OC(=O)c2ccccc2)C1C.CS[C@@H]1OC2COC(c3ccccc3)O[C@H]2[C@H](O)C1C.CS[C@@H]1OC2COC(c3ccccc3)O[C@H]2[C@H](OC(=O)c2ccccc2)C1C. The highest BCUT2D eigenvalue weighted by molar-refractivity contribution is 7.99. The summed E-state index contributed by atoms with van der Waals surface area (Å²) in [5.41, 5.74) is 2.54. The van der Waals surface area contributed by atoms with Gasteiger partial charge in [-0.3, -0.25) is 0 Å². The van der Waals surface area contributed by atoms with E-state index < -0.39 is 49.1 Å². The van der Waals surface area contributed by atoms with Gasteiger partial charge >= 0.3 is 11.9 Å². The molecule has 14 nitrogen and oxygen atoms in total. The lowest BCUT2D eigenvalue weighted by molar-refractivity contribution is -0.311. The zero-order valence-corrected chi connectivity index (χ0v) is 42.0. The Morgan fingerprint density at radius 2 is 0.913 bits per heavy atom. The smallest absolute Gasteiger partial charge is 0.338 e. The van der Waals surface area contributed by atoms with Crippen molar-refractivity contribution in [2.45, 2.75) is 105 Å². The molecule has 5 aliphatic heterocycles. The van der Waals surface area contributed by atoms with Gasteiger partial charge in [0.05, 0.1) is 37.1 Å². The summed E-state index contributed by atoms with van der Waals surface area (Å²) in [4.78, 5) is 24.9.